The highest BCUT2D eigenvalue weighted by molar-refractivity contribution is 5.75. The van der Waals surface area contributed by atoms with Gasteiger partial charge in [0, 0.05) is 6.61 Å². The van der Waals surface area contributed by atoms with E-state index < -0.39 is 11.4 Å². The van der Waals surface area contributed by atoms with Crippen LogP contribution < -0.4 is 0 Å². The Morgan fingerprint density at radius 3 is 2.56 bits per heavy atom. The van der Waals surface area contributed by atoms with E-state index in [-0.39, 0.29) is 6.10 Å². The standard InChI is InChI=1S/C13H22O3/c1-10-13(12(14)15,7-8-16-10)9-11-5-3-2-4-6-11/h10-11H,2-9H2,1H3,(H,14,15). The highest BCUT2D eigenvalue weighted by Crippen LogP contribution is 2.44. The fourth-order valence-corrected chi connectivity index (χ4v) is 3.32. The summed E-state index contributed by atoms with van der Waals surface area (Å²) in [6, 6.07) is 0. The third kappa shape index (κ3) is 2.10. The summed E-state index contributed by atoms with van der Waals surface area (Å²) in [5.74, 6) is -0.0444. The number of aliphatic carboxylic acids is 1. The Hall–Kier alpha value is -0.570. The first-order chi connectivity index (χ1) is 7.65. The van der Waals surface area contributed by atoms with Crippen molar-refractivity contribution in [3.63, 3.8) is 0 Å². The number of hydrogen-bond donors (Lipinski definition) is 1. The second-order valence-electron chi connectivity index (χ2n) is 5.43. The Labute approximate surface area is 97.2 Å². The van der Waals surface area contributed by atoms with Gasteiger partial charge in [-0.15, -0.1) is 0 Å². The molecule has 1 aliphatic heterocycles. The largest absolute Gasteiger partial charge is 0.481 e. The van der Waals surface area contributed by atoms with E-state index in [1.807, 2.05) is 6.92 Å². The van der Waals surface area contributed by atoms with Crippen LogP contribution >= 0.6 is 0 Å². The highest BCUT2D eigenvalue weighted by atomic mass is 16.5. The van der Waals surface area contributed by atoms with Crippen molar-refractivity contribution in [2.45, 2.75) is 58.0 Å². The first-order valence-electron chi connectivity index (χ1n) is 6.50. The van der Waals surface area contributed by atoms with E-state index in [0.29, 0.717) is 18.9 Å². The van der Waals surface area contributed by atoms with E-state index in [1.165, 1.54) is 32.1 Å². The Morgan fingerprint density at radius 1 is 1.38 bits per heavy atom. The van der Waals surface area contributed by atoms with E-state index in [1.54, 1.807) is 0 Å². The predicted molar refractivity (Wildman–Crippen MR) is 61.3 cm³/mol. The number of hydrogen-bond acceptors (Lipinski definition) is 2. The lowest BCUT2D eigenvalue weighted by Crippen LogP contribution is -2.39. The number of carboxylic acid groups (broad SMARTS) is 1. The lowest BCUT2D eigenvalue weighted by atomic mass is 9.71. The van der Waals surface area contributed by atoms with Crippen molar-refractivity contribution in [3.05, 3.63) is 0 Å². The van der Waals surface area contributed by atoms with Gasteiger partial charge in [0.1, 0.15) is 0 Å². The molecule has 1 saturated heterocycles. The summed E-state index contributed by atoms with van der Waals surface area (Å²) in [5, 5.41) is 9.48. The SMILES string of the molecule is CC1OCCC1(CC1CCCCC1)C(=O)O. The molecule has 0 bridgehead atoms. The molecule has 0 aromatic carbocycles. The van der Waals surface area contributed by atoms with E-state index >= 15 is 0 Å². The molecule has 16 heavy (non-hydrogen) atoms. The molecule has 0 radical (unpaired) electrons. The maximum Gasteiger partial charge on any atom is 0.312 e. The van der Waals surface area contributed by atoms with Gasteiger partial charge in [-0.2, -0.15) is 0 Å². The van der Waals surface area contributed by atoms with E-state index in [4.69, 9.17) is 4.74 Å². The average molecular weight is 226 g/mol. The predicted octanol–water partition coefficient (Wildman–Crippen LogP) is 2.84. The fraction of sp³-hybridized carbons (Fsp3) is 0.923. The fourth-order valence-electron chi connectivity index (χ4n) is 3.32. The second kappa shape index (κ2) is 4.74. The van der Waals surface area contributed by atoms with Crippen molar-refractivity contribution in [3.8, 4) is 0 Å². The lowest BCUT2D eigenvalue weighted by molar-refractivity contribution is -0.153. The molecule has 0 spiro atoms. The van der Waals surface area contributed by atoms with Crippen LogP contribution in [0.15, 0.2) is 0 Å². The van der Waals surface area contributed by atoms with Crippen LogP contribution in [0.4, 0.5) is 0 Å². The highest BCUT2D eigenvalue weighted by Gasteiger charge is 2.49. The normalized spacial score (nSPS) is 36.4. The van der Waals surface area contributed by atoms with Gasteiger partial charge < -0.3 is 9.84 Å². The minimum Gasteiger partial charge on any atom is -0.481 e. The van der Waals surface area contributed by atoms with Gasteiger partial charge in [-0.3, -0.25) is 4.79 Å². The topological polar surface area (TPSA) is 46.5 Å². The molecule has 3 nitrogen and oxygen atoms in total. The molecule has 92 valence electrons. The Morgan fingerprint density at radius 2 is 2.06 bits per heavy atom. The van der Waals surface area contributed by atoms with Gasteiger partial charge in [-0.05, 0) is 25.7 Å². The average Bonchev–Trinajstić information content (AvgIpc) is 2.63. The van der Waals surface area contributed by atoms with E-state index in [0.717, 1.165) is 6.42 Å². The maximum atomic E-state index is 11.5. The van der Waals surface area contributed by atoms with Crippen LogP contribution in [0.2, 0.25) is 0 Å². The molecule has 1 heterocycles. The van der Waals surface area contributed by atoms with Crippen LogP contribution in [0.1, 0.15) is 51.9 Å². The molecule has 2 fully saturated rings. The van der Waals surface area contributed by atoms with Crippen molar-refractivity contribution in [1.29, 1.82) is 0 Å². The number of rotatable bonds is 3. The Balaban J connectivity index is 2.05. The summed E-state index contributed by atoms with van der Waals surface area (Å²) >= 11 is 0. The van der Waals surface area contributed by atoms with Crippen molar-refractivity contribution >= 4 is 5.97 Å². The smallest absolute Gasteiger partial charge is 0.312 e. The molecule has 2 unspecified atom stereocenters. The number of carbonyl (C=O) groups is 1. The van der Waals surface area contributed by atoms with Crippen LogP contribution in [0.3, 0.4) is 0 Å². The summed E-state index contributed by atoms with van der Waals surface area (Å²) in [7, 11) is 0. The van der Waals surface area contributed by atoms with Gasteiger partial charge in [-0.1, -0.05) is 32.1 Å². The molecule has 2 aliphatic rings. The molecular formula is C13H22O3. The molecular weight excluding hydrogens is 204 g/mol. The van der Waals surface area contributed by atoms with Crippen LogP contribution in [-0.2, 0) is 9.53 Å². The number of ether oxygens (including phenoxy) is 1. The Kier molecular flexibility index (Phi) is 3.53. The molecule has 0 amide bonds. The molecule has 2 rings (SSSR count). The molecule has 0 aromatic heterocycles. The van der Waals surface area contributed by atoms with E-state index in [2.05, 4.69) is 0 Å². The zero-order valence-electron chi connectivity index (χ0n) is 10.1. The third-order valence-corrected chi connectivity index (χ3v) is 4.50. The molecule has 2 atom stereocenters. The molecule has 1 saturated carbocycles. The van der Waals surface area contributed by atoms with E-state index in [9.17, 15) is 9.90 Å². The van der Waals surface area contributed by atoms with Crippen LogP contribution in [0.5, 0.6) is 0 Å². The Bertz CT molecular complexity index is 258. The van der Waals surface area contributed by atoms with Gasteiger partial charge >= 0.3 is 5.97 Å². The minimum atomic E-state index is -0.650. The second-order valence-corrected chi connectivity index (χ2v) is 5.43. The summed E-state index contributed by atoms with van der Waals surface area (Å²) in [4.78, 5) is 11.5. The van der Waals surface area contributed by atoms with Gasteiger partial charge in [0.25, 0.3) is 0 Å². The van der Waals surface area contributed by atoms with Crippen LogP contribution in [0, 0.1) is 11.3 Å². The number of carboxylic acids is 1. The third-order valence-electron chi connectivity index (χ3n) is 4.50. The lowest BCUT2D eigenvalue weighted by Gasteiger charge is -2.33. The zero-order chi connectivity index (χ0) is 11.6. The van der Waals surface area contributed by atoms with Crippen molar-refractivity contribution in [2.75, 3.05) is 6.61 Å². The molecule has 3 heteroatoms. The first kappa shape index (κ1) is 11.9. The summed E-state index contributed by atoms with van der Waals surface area (Å²) < 4.78 is 5.49. The summed E-state index contributed by atoms with van der Waals surface area (Å²) in [5.41, 5.74) is -0.595. The minimum absolute atomic E-state index is 0.119. The molecule has 0 aromatic rings. The monoisotopic (exact) mass is 226 g/mol. The van der Waals surface area contributed by atoms with Gasteiger partial charge in [0.05, 0.1) is 11.5 Å². The van der Waals surface area contributed by atoms with Crippen molar-refractivity contribution in [1.82, 2.24) is 0 Å². The molecule has 1 aliphatic carbocycles. The van der Waals surface area contributed by atoms with Gasteiger partial charge in [0.2, 0.25) is 0 Å². The first-order valence-corrected chi connectivity index (χ1v) is 6.50. The van der Waals surface area contributed by atoms with Crippen LogP contribution in [-0.4, -0.2) is 23.8 Å². The van der Waals surface area contributed by atoms with Gasteiger partial charge in [-0.25, -0.2) is 0 Å². The van der Waals surface area contributed by atoms with Gasteiger partial charge in [0.15, 0.2) is 0 Å². The summed E-state index contributed by atoms with van der Waals surface area (Å²) in [6.07, 6.45) is 7.69. The van der Waals surface area contributed by atoms with Crippen molar-refractivity contribution in [2.24, 2.45) is 11.3 Å². The molecule has 1 N–H and O–H groups in total. The van der Waals surface area contributed by atoms with Crippen LogP contribution in [0.25, 0.3) is 0 Å². The quantitative estimate of drug-likeness (QED) is 0.805. The maximum absolute atomic E-state index is 11.5. The summed E-state index contributed by atoms with van der Waals surface area (Å²) in [6.45, 7) is 2.53. The zero-order valence-corrected chi connectivity index (χ0v) is 10.1. The van der Waals surface area contributed by atoms with Crippen molar-refractivity contribution < 1.29 is 14.6 Å².